The second-order valence-electron chi connectivity index (χ2n) is 6.02. The van der Waals surface area contributed by atoms with E-state index in [2.05, 4.69) is 9.97 Å². The zero-order valence-corrected chi connectivity index (χ0v) is 14.7. The monoisotopic (exact) mass is 366 g/mol. The van der Waals surface area contributed by atoms with Crippen molar-refractivity contribution in [3.63, 3.8) is 0 Å². The van der Waals surface area contributed by atoms with E-state index in [0.717, 1.165) is 11.1 Å². The molecule has 0 radical (unpaired) electrons. The molecule has 0 amide bonds. The Bertz CT molecular complexity index is 1220. The third kappa shape index (κ3) is 2.64. The van der Waals surface area contributed by atoms with E-state index in [1.807, 2.05) is 31.2 Å². The van der Waals surface area contributed by atoms with Crippen LogP contribution in [0.15, 0.2) is 64.4 Å². The lowest BCUT2D eigenvalue weighted by molar-refractivity contribution is 0.682. The number of imidazole rings is 1. The molecule has 0 aliphatic heterocycles. The minimum absolute atomic E-state index is 0.148. The summed E-state index contributed by atoms with van der Waals surface area (Å²) in [6, 6.07) is 14.5. The molecule has 2 heterocycles. The van der Waals surface area contributed by atoms with E-state index < -0.39 is 11.2 Å². The van der Waals surface area contributed by atoms with Crippen molar-refractivity contribution in [2.24, 2.45) is 0 Å². The highest BCUT2D eigenvalue weighted by atomic mass is 35.5. The average Bonchev–Trinajstić information content (AvgIpc) is 3.11. The van der Waals surface area contributed by atoms with Crippen molar-refractivity contribution >= 4 is 22.8 Å². The second-order valence-corrected chi connectivity index (χ2v) is 6.46. The Hall–Kier alpha value is -3.12. The summed E-state index contributed by atoms with van der Waals surface area (Å²) >= 11 is 5.92. The number of aromatic amines is 1. The largest absolute Gasteiger partial charge is 0.339 e. The smallest absolute Gasteiger partial charge is 0.337 e. The first-order valence-electron chi connectivity index (χ1n) is 8.05. The normalized spacial score (nSPS) is 11.2. The summed E-state index contributed by atoms with van der Waals surface area (Å²) in [7, 11) is 0. The molecule has 0 unspecified atom stereocenters. The molecule has 0 spiro atoms. The summed E-state index contributed by atoms with van der Waals surface area (Å²) in [6.45, 7) is 2.06. The molecule has 4 rings (SSSR count). The van der Waals surface area contributed by atoms with E-state index in [-0.39, 0.29) is 6.54 Å². The molecule has 130 valence electrons. The van der Waals surface area contributed by atoms with E-state index in [4.69, 9.17) is 11.6 Å². The number of rotatable bonds is 3. The topological polar surface area (TPSA) is 72.7 Å². The van der Waals surface area contributed by atoms with Gasteiger partial charge < -0.3 is 4.98 Å². The molecule has 0 aliphatic rings. The SMILES string of the molecule is Cc1ccccc1-n1c(=O)n(Cc2ccc(Cl)cc2)c(=O)c2[nH]cnc21. The van der Waals surface area contributed by atoms with Crippen LogP contribution in [0.2, 0.25) is 5.02 Å². The van der Waals surface area contributed by atoms with Crippen LogP contribution >= 0.6 is 11.6 Å². The van der Waals surface area contributed by atoms with Crippen LogP contribution in [0.3, 0.4) is 0 Å². The Morgan fingerprint density at radius 1 is 1.08 bits per heavy atom. The number of nitrogens with zero attached hydrogens (tertiary/aromatic N) is 3. The van der Waals surface area contributed by atoms with E-state index in [1.54, 1.807) is 24.3 Å². The summed E-state index contributed by atoms with van der Waals surface area (Å²) in [4.78, 5) is 33.0. The van der Waals surface area contributed by atoms with Crippen molar-refractivity contribution in [3.8, 4) is 5.69 Å². The van der Waals surface area contributed by atoms with Gasteiger partial charge in [-0.2, -0.15) is 0 Å². The van der Waals surface area contributed by atoms with Gasteiger partial charge >= 0.3 is 5.69 Å². The first-order valence-corrected chi connectivity index (χ1v) is 8.43. The van der Waals surface area contributed by atoms with Crippen LogP contribution < -0.4 is 11.2 Å². The third-order valence-electron chi connectivity index (χ3n) is 4.32. The number of fused-ring (bicyclic) bond motifs is 1. The maximum Gasteiger partial charge on any atom is 0.337 e. The highest BCUT2D eigenvalue weighted by molar-refractivity contribution is 6.30. The molecule has 0 saturated heterocycles. The van der Waals surface area contributed by atoms with Gasteiger partial charge in [0.1, 0.15) is 5.52 Å². The fourth-order valence-electron chi connectivity index (χ4n) is 2.99. The molecule has 1 N–H and O–H groups in total. The minimum atomic E-state index is -0.432. The van der Waals surface area contributed by atoms with Crippen molar-refractivity contribution in [2.75, 3.05) is 0 Å². The molecule has 2 aromatic heterocycles. The number of hydrogen-bond donors (Lipinski definition) is 1. The summed E-state index contributed by atoms with van der Waals surface area (Å²) in [6.07, 6.45) is 1.42. The van der Waals surface area contributed by atoms with Crippen molar-refractivity contribution in [3.05, 3.63) is 91.8 Å². The molecule has 0 fully saturated rings. The molecule has 6 nitrogen and oxygen atoms in total. The molecular formula is C19H15ClN4O2. The number of nitrogens with one attached hydrogen (secondary N) is 1. The van der Waals surface area contributed by atoms with E-state index in [1.165, 1.54) is 15.5 Å². The van der Waals surface area contributed by atoms with Crippen LogP contribution in [-0.4, -0.2) is 19.1 Å². The summed E-state index contributed by atoms with van der Waals surface area (Å²) in [5.74, 6) is 0. The van der Waals surface area contributed by atoms with Gasteiger partial charge in [0.05, 0.1) is 18.6 Å². The predicted octanol–water partition coefficient (Wildman–Crippen LogP) is 2.89. The third-order valence-corrected chi connectivity index (χ3v) is 4.57. The van der Waals surface area contributed by atoms with Gasteiger partial charge in [0.25, 0.3) is 5.56 Å². The van der Waals surface area contributed by atoms with Crippen molar-refractivity contribution in [2.45, 2.75) is 13.5 Å². The highest BCUT2D eigenvalue weighted by Gasteiger charge is 2.17. The maximum atomic E-state index is 13.2. The van der Waals surface area contributed by atoms with Gasteiger partial charge in [0.15, 0.2) is 5.65 Å². The number of H-pyrrole nitrogens is 1. The minimum Gasteiger partial charge on any atom is -0.339 e. The van der Waals surface area contributed by atoms with Crippen LogP contribution in [0.5, 0.6) is 0 Å². The Morgan fingerprint density at radius 3 is 2.54 bits per heavy atom. The molecule has 0 saturated carbocycles. The standard InChI is InChI=1S/C19H15ClN4O2/c1-12-4-2-3-5-15(12)24-17-16(21-11-22-17)18(25)23(19(24)26)10-13-6-8-14(20)9-7-13/h2-9,11H,10H2,1H3,(H,21,22). The summed E-state index contributed by atoms with van der Waals surface area (Å²) < 4.78 is 2.68. The average molecular weight is 367 g/mol. The first kappa shape index (κ1) is 16.4. The fourth-order valence-corrected chi connectivity index (χ4v) is 3.12. The molecule has 2 aromatic carbocycles. The number of aromatic nitrogens is 4. The Balaban J connectivity index is 2.00. The maximum absolute atomic E-state index is 13.2. The van der Waals surface area contributed by atoms with Gasteiger partial charge in [0, 0.05) is 5.02 Å². The number of hydrogen-bond acceptors (Lipinski definition) is 3. The van der Waals surface area contributed by atoms with Crippen LogP contribution in [0.1, 0.15) is 11.1 Å². The number of halogens is 1. The summed E-state index contributed by atoms with van der Waals surface area (Å²) in [5.41, 5.74) is 2.20. The van der Waals surface area contributed by atoms with Crippen LogP contribution in [0.25, 0.3) is 16.9 Å². The molecule has 0 atom stereocenters. The van der Waals surface area contributed by atoms with Gasteiger partial charge in [-0.3, -0.25) is 9.36 Å². The first-order chi connectivity index (χ1) is 12.6. The number of para-hydroxylation sites is 1. The zero-order chi connectivity index (χ0) is 18.3. The molecule has 7 heteroatoms. The number of aryl methyl sites for hydroxylation is 1. The lowest BCUT2D eigenvalue weighted by Gasteiger charge is -2.13. The fraction of sp³-hybridized carbons (Fsp3) is 0.105. The molecule has 4 aromatic rings. The molecule has 0 bridgehead atoms. The van der Waals surface area contributed by atoms with Crippen molar-refractivity contribution in [1.29, 1.82) is 0 Å². The molecule has 26 heavy (non-hydrogen) atoms. The summed E-state index contributed by atoms with van der Waals surface area (Å²) in [5, 5.41) is 0.599. The van der Waals surface area contributed by atoms with E-state index in [0.29, 0.717) is 21.9 Å². The Labute approximate surface area is 153 Å². The predicted molar refractivity (Wildman–Crippen MR) is 101 cm³/mol. The molecular weight excluding hydrogens is 352 g/mol. The van der Waals surface area contributed by atoms with Crippen LogP contribution in [-0.2, 0) is 6.54 Å². The highest BCUT2D eigenvalue weighted by Crippen LogP contribution is 2.15. The lowest BCUT2D eigenvalue weighted by Crippen LogP contribution is -2.40. The van der Waals surface area contributed by atoms with Crippen LogP contribution in [0.4, 0.5) is 0 Å². The van der Waals surface area contributed by atoms with E-state index in [9.17, 15) is 9.59 Å². The van der Waals surface area contributed by atoms with Gasteiger partial charge in [-0.25, -0.2) is 14.3 Å². The van der Waals surface area contributed by atoms with E-state index >= 15 is 0 Å². The Morgan fingerprint density at radius 2 is 1.81 bits per heavy atom. The number of benzene rings is 2. The van der Waals surface area contributed by atoms with Crippen molar-refractivity contribution in [1.82, 2.24) is 19.1 Å². The van der Waals surface area contributed by atoms with Crippen LogP contribution in [0, 0.1) is 6.92 Å². The molecule has 0 aliphatic carbocycles. The van der Waals surface area contributed by atoms with Gasteiger partial charge in [-0.15, -0.1) is 0 Å². The quantitative estimate of drug-likeness (QED) is 0.606. The van der Waals surface area contributed by atoms with Crippen molar-refractivity contribution < 1.29 is 0 Å². The van der Waals surface area contributed by atoms with Gasteiger partial charge in [0.2, 0.25) is 0 Å². The Kier molecular flexibility index (Phi) is 3.97. The van der Waals surface area contributed by atoms with Gasteiger partial charge in [-0.05, 0) is 36.2 Å². The lowest BCUT2D eigenvalue weighted by atomic mass is 10.2. The van der Waals surface area contributed by atoms with Gasteiger partial charge in [-0.1, -0.05) is 41.9 Å². The second kappa shape index (κ2) is 6.31. The zero-order valence-electron chi connectivity index (χ0n) is 13.9.